The van der Waals surface area contributed by atoms with Crippen LogP contribution in [0.4, 0.5) is 0 Å². The molecule has 0 saturated heterocycles. The number of hydrogen-bond donors (Lipinski definition) is 3. The number of ether oxygens (including phenoxy) is 1. The minimum Gasteiger partial charge on any atom is -0.466 e. The second-order valence-electron chi connectivity index (χ2n) is 24.9. The van der Waals surface area contributed by atoms with Gasteiger partial charge < -0.3 is 20.3 Å². The summed E-state index contributed by atoms with van der Waals surface area (Å²) in [7, 11) is 0. The van der Waals surface area contributed by atoms with Crippen LogP contribution < -0.4 is 5.32 Å². The molecule has 0 bridgehead atoms. The van der Waals surface area contributed by atoms with Crippen molar-refractivity contribution in [2.45, 2.75) is 418 Å². The fraction of sp³-hybridized carbons (Fsp3) is 0.918. The molecule has 0 spiro atoms. The largest absolute Gasteiger partial charge is 0.466 e. The van der Waals surface area contributed by atoms with Gasteiger partial charge in [0.15, 0.2) is 0 Å². The topological polar surface area (TPSA) is 95.9 Å². The van der Waals surface area contributed by atoms with Crippen LogP contribution in [-0.2, 0) is 14.3 Å². The molecule has 6 heteroatoms. The van der Waals surface area contributed by atoms with Crippen molar-refractivity contribution in [2.24, 2.45) is 0 Å². The van der Waals surface area contributed by atoms with Crippen molar-refractivity contribution in [3.05, 3.63) is 24.3 Å². The molecule has 0 aliphatic heterocycles. The zero-order chi connectivity index (χ0) is 57.1. The molecule has 2 unspecified atom stereocenters. The van der Waals surface area contributed by atoms with Crippen LogP contribution in [0.1, 0.15) is 406 Å². The van der Waals surface area contributed by atoms with E-state index in [4.69, 9.17) is 4.74 Å². The van der Waals surface area contributed by atoms with Gasteiger partial charge >= 0.3 is 5.97 Å². The Balaban J connectivity index is 3.29. The maximum absolute atomic E-state index is 12.4. The third-order valence-electron chi connectivity index (χ3n) is 17.0. The summed E-state index contributed by atoms with van der Waals surface area (Å²) in [5.74, 6) is -0.0398. The molecular weight excluding hydrogens is 971 g/mol. The normalized spacial score (nSPS) is 12.6. The van der Waals surface area contributed by atoms with E-state index in [9.17, 15) is 19.8 Å². The minimum atomic E-state index is -0.839. The molecule has 0 aromatic heterocycles. The fourth-order valence-corrected chi connectivity index (χ4v) is 11.5. The lowest BCUT2D eigenvalue weighted by Gasteiger charge is -2.20. The van der Waals surface area contributed by atoms with Crippen LogP contribution in [-0.4, -0.2) is 47.4 Å². The van der Waals surface area contributed by atoms with Gasteiger partial charge in [-0.3, -0.25) is 9.59 Å². The number of aliphatic hydroxyl groups is 2. The maximum Gasteiger partial charge on any atom is 0.305 e. The minimum absolute atomic E-state index is 0.0253. The zero-order valence-electron chi connectivity index (χ0n) is 53.6. The van der Waals surface area contributed by atoms with E-state index in [1.807, 2.05) is 6.08 Å². The van der Waals surface area contributed by atoms with Crippen LogP contribution in [0.15, 0.2) is 24.3 Å². The molecule has 0 aromatic carbocycles. The molecule has 0 aromatic rings. The number of carbonyl (C=O) groups is 2. The standard InChI is InChI=1S/C73H141NO5/c1-3-5-7-9-11-13-14-15-16-41-44-47-51-55-59-63-67-73(78)79-68-64-60-56-52-48-45-42-39-37-35-33-31-29-27-25-23-21-19-17-18-20-22-24-26-28-30-32-34-36-38-40-43-46-50-54-58-62-66-72(77)74-70(69-75)71(76)65-61-57-53-49-12-10-8-6-4-2/h17,19,61,65,70-71,75-76H,3-16,18,20-60,62-64,66-69H2,1-2H3,(H,74,77)/b19-17-,65-61+. The molecular formula is C73H141NO5. The lowest BCUT2D eigenvalue weighted by atomic mass is 10.0. The molecule has 6 nitrogen and oxygen atoms in total. The Hall–Kier alpha value is -1.66. The molecule has 2 atom stereocenters. The predicted octanol–water partition coefficient (Wildman–Crippen LogP) is 23.3. The van der Waals surface area contributed by atoms with E-state index in [1.165, 1.54) is 340 Å². The van der Waals surface area contributed by atoms with Crippen LogP contribution >= 0.6 is 0 Å². The van der Waals surface area contributed by atoms with Gasteiger partial charge in [0, 0.05) is 12.8 Å². The maximum atomic E-state index is 12.4. The van der Waals surface area contributed by atoms with E-state index >= 15 is 0 Å². The summed E-state index contributed by atoms with van der Waals surface area (Å²) >= 11 is 0. The third-order valence-corrected chi connectivity index (χ3v) is 17.0. The van der Waals surface area contributed by atoms with Gasteiger partial charge in [0.05, 0.1) is 25.4 Å². The first-order chi connectivity index (χ1) is 39.0. The number of rotatable bonds is 68. The van der Waals surface area contributed by atoms with Crippen molar-refractivity contribution in [1.82, 2.24) is 5.32 Å². The molecule has 0 saturated carbocycles. The predicted molar refractivity (Wildman–Crippen MR) is 347 cm³/mol. The van der Waals surface area contributed by atoms with Gasteiger partial charge in [0.25, 0.3) is 0 Å². The van der Waals surface area contributed by atoms with E-state index in [-0.39, 0.29) is 18.5 Å². The van der Waals surface area contributed by atoms with Gasteiger partial charge in [0.2, 0.25) is 5.91 Å². The molecule has 468 valence electrons. The number of aliphatic hydroxyl groups excluding tert-OH is 2. The van der Waals surface area contributed by atoms with E-state index in [0.717, 1.165) is 38.5 Å². The molecule has 0 radical (unpaired) electrons. The van der Waals surface area contributed by atoms with Crippen LogP contribution in [0.25, 0.3) is 0 Å². The summed E-state index contributed by atoms with van der Waals surface area (Å²) in [6, 6.07) is -0.622. The Morgan fingerprint density at radius 2 is 0.595 bits per heavy atom. The van der Waals surface area contributed by atoms with Crippen LogP contribution in [0.3, 0.4) is 0 Å². The summed E-state index contributed by atoms with van der Waals surface area (Å²) in [6.45, 7) is 4.91. The highest BCUT2D eigenvalue weighted by Crippen LogP contribution is 2.19. The fourth-order valence-electron chi connectivity index (χ4n) is 11.5. The highest BCUT2D eigenvalue weighted by atomic mass is 16.5. The lowest BCUT2D eigenvalue weighted by Crippen LogP contribution is -2.45. The van der Waals surface area contributed by atoms with Gasteiger partial charge in [-0.25, -0.2) is 0 Å². The first-order valence-electron chi connectivity index (χ1n) is 36.1. The Morgan fingerprint density at radius 1 is 0.342 bits per heavy atom. The van der Waals surface area contributed by atoms with Gasteiger partial charge in [-0.15, -0.1) is 0 Å². The number of hydrogen-bond acceptors (Lipinski definition) is 5. The molecule has 1 amide bonds. The van der Waals surface area contributed by atoms with Crippen molar-refractivity contribution in [2.75, 3.05) is 13.2 Å². The molecule has 0 aliphatic rings. The smallest absolute Gasteiger partial charge is 0.305 e. The van der Waals surface area contributed by atoms with Gasteiger partial charge in [0.1, 0.15) is 0 Å². The van der Waals surface area contributed by atoms with Crippen molar-refractivity contribution in [1.29, 1.82) is 0 Å². The van der Waals surface area contributed by atoms with Gasteiger partial charge in [-0.05, 0) is 57.8 Å². The van der Waals surface area contributed by atoms with Crippen molar-refractivity contribution in [3.8, 4) is 0 Å². The molecule has 3 N–H and O–H groups in total. The SMILES string of the molecule is CCCCCCCCC/C=C/C(O)C(CO)NC(=O)CCCCCCCCCCCCCCCCCCC/C=C\CCCCCCCCCCCCCCCCCCOC(=O)CCCCCCCCCCCCCCCCCC. The Bertz CT molecular complexity index is 1230. The van der Waals surface area contributed by atoms with Crippen LogP contribution in [0.5, 0.6) is 0 Å². The molecule has 0 aliphatic carbocycles. The van der Waals surface area contributed by atoms with Crippen molar-refractivity contribution in [3.63, 3.8) is 0 Å². The number of amides is 1. The lowest BCUT2D eigenvalue weighted by molar-refractivity contribution is -0.143. The highest BCUT2D eigenvalue weighted by Gasteiger charge is 2.18. The average Bonchev–Trinajstić information content (AvgIpc) is 3.45. The van der Waals surface area contributed by atoms with Gasteiger partial charge in [-0.2, -0.15) is 0 Å². The molecule has 79 heavy (non-hydrogen) atoms. The second kappa shape index (κ2) is 68.8. The van der Waals surface area contributed by atoms with Crippen molar-refractivity contribution < 1.29 is 24.5 Å². The molecule has 0 heterocycles. The first-order valence-corrected chi connectivity index (χ1v) is 36.1. The van der Waals surface area contributed by atoms with E-state index in [2.05, 4.69) is 31.3 Å². The van der Waals surface area contributed by atoms with E-state index in [0.29, 0.717) is 19.4 Å². The van der Waals surface area contributed by atoms with Crippen molar-refractivity contribution >= 4 is 11.9 Å². The quantitative estimate of drug-likeness (QED) is 0.0320. The number of allylic oxidation sites excluding steroid dienone is 3. The number of carbonyl (C=O) groups excluding carboxylic acids is 2. The van der Waals surface area contributed by atoms with E-state index in [1.54, 1.807) is 6.08 Å². The van der Waals surface area contributed by atoms with Crippen LogP contribution in [0, 0.1) is 0 Å². The second-order valence-corrected chi connectivity index (χ2v) is 24.9. The number of unbranched alkanes of at least 4 members (excludes halogenated alkanes) is 55. The summed E-state index contributed by atoms with van der Waals surface area (Å²) in [4.78, 5) is 24.5. The third kappa shape index (κ3) is 65.4. The van der Waals surface area contributed by atoms with E-state index < -0.39 is 12.1 Å². The zero-order valence-corrected chi connectivity index (χ0v) is 53.6. The first kappa shape index (κ1) is 77.3. The Morgan fingerprint density at radius 3 is 0.899 bits per heavy atom. The number of nitrogens with one attached hydrogen (secondary N) is 1. The summed E-state index contributed by atoms with van der Waals surface area (Å²) in [5, 5.41) is 23.0. The molecule has 0 rings (SSSR count). The van der Waals surface area contributed by atoms with Gasteiger partial charge in [-0.1, -0.05) is 359 Å². The summed E-state index contributed by atoms with van der Waals surface area (Å²) < 4.78 is 5.51. The Kier molecular flexibility index (Phi) is 67.4. The summed E-state index contributed by atoms with van der Waals surface area (Å²) in [6.07, 6.45) is 87.3. The number of esters is 1. The molecule has 0 fully saturated rings. The highest BCUT2D eigenvalue weighted by molar-refractivity contribution is 5.76. The average molecular weight is 1110 g/mol. The Labute approximate surface area is 494 Å². The monoisotopic (exact) mass is 1110 g/mol. The summed E-state index contributed by atoms with van der Waals surface area (Å²) in [5.41, 5.74) is 0. The van der Waals surface area contributed by atoms with Crippen LogP contribution in [0.2, 0.25) is 0 Å².